The molecule has 182 valence electrons. The molecule has 1 aliphatic heterocycles. The number of ketones is 1. The number of nitrogens with one attached hydrogen (secondary N) is 2. The van der Waals surface area contributed by atoms with Gasteiger partial charge in [-0.05, 0) is 37.3 Å². The second kappa shape index (κ2) is 10.0. The third-order valence-corrected chi connectivity index (χ3v) is 7.68. The lowest BCUT2D eigenvalue weighted by atomic mass is 9.83. The van der Waals surface area contributed by atoms with E-state index in [1.54, 1.807) is 25.1 Å². The van der Waals surface area contributed by atoms with Crippen molar-refractivity contribution >= 4 is 27.5 Å². The lowest BCUT2D eigenvalue weighted by Crippen LogP contribution is -2.54. The molecule has 1 amide bonds. The van der Waals surface area contributed by atoms with E-state index in [0.717, 1.165) is 32.1 Å². The number of Topliss-reactive ketones (excluding diaryl/α,β-unsaturated/α-hetero) is 1. The SMILES string of the molecule is CCc1nnc(C(=O)[C@H](CC)NC(=O)C(NC2=NS(=O)(=O)c3ccccc32)C2CCCCC2)o1. The Labute approximate surface area is 198 Å². The Kier molecular flexibility index (Phi) is 7.11. The van der Waals surface area contributed by atoms with Crippen LogP contribution in [0.2, 0.25) is 0 Å². The van der Waals surface area contributed by atoms with E-state index in [-0.39, 0.29) is 28.4 Å². The number of rotatable bonds is 8. The van der Waals surface area contributed by atoms with Gasteiger partial charge in [-0.25, -0.2) is 0 Å². The Morgan fingerprint density at radius 2 is 1.85 bits per heavy atom. The van der Waals surface area contributed by atoms with Crippen molar-refractivity contribution in [2.24, 2.45) is 10.3 Å². The summed E-state index contributed by atoms with van der Waals surface area (Å²) in [6.07, 6.45) is 5.54. The molecule has 1 aliphatic carbocycles. The van der Waals surface area contributed by atoms with Gasteiger partial charge in [0.25, 0.3) is 15.9 Å². The van der Waals surface area contributed by atoms with E-state index >= 15 is 0 Å². The number of hydrogen-bond acceptors (Lipinski definition) is 8. The van der Waals surface area contributed by atoms with Crippen LogP contribution in [-0.2, 0) is 21.2 Å². The molecule has 0 bridgehead atoms. The van der Waals surface area contributed by atoms with Crippen LogP contribution in [-0.4, -0.2) is 48.2 Å². The Hall–Kier alpha value is -3.08. The molecule has 4 rings (SSSR count). The number of nitrogens with zero attached hydrogens (tertiary/aromatic N) is 3. The maximum absolute atomic E-state index is 13.5. The molecule has 1 aromatic heterocycles. The number of benzene rings is 1. The minimum absolute atomic E-state index is 0.0189. The van der Waals surface area contributed by atoms with Crippen LogP contribution in [0.5, 0.6) is 0 Å². The molecule has 10 nitrogen and oxygen atoms in total. The zero-order valence-electron chi connectivity index (χ0n) is 19.3. The van der Waals surface area contributed by atoms with Crippen molar-refractivity contribution in [1.82, 2.24) is 20.8 Å². The topological polar surface area (TPSA) is 144 Å². The van der Waals surface area contributed by atoms with E-state index in [1.807, 2.05) is 6.92 Å². The standard InChI is InChI=1S/C23H29N5O5S/c1-3-16(20(29)23-27-26-18(4-2)33-23)24-22(30)19(14-10-6-5-7-11-14)25-21-15-12-8-9-13-17(15)34(31,32)28-21/h8-9,12-14,16,19H,3-7,10-11H2,1-2H3,(H,24,30)(H,25,28)/t16-,19?/m0/s1. The minimum Gasteiger partial charge on any atom is -0.418 e. The lowest BCUT2D eigenvalue weighted by molar-refractivity contribution is -0.124. The van der Waals surface area contributed by atoms with E-state index in [2.05, 4.69) is 25.2 Å². The summed E-state index contributed by atoms with van der Waals surface area (Å²) in [7, 11) is -3.82. The average molecular weight is 488 g/mol. The Bertz CT molecular complexity index is 1200. The molecule has 2 aliphatic rings. The van der Waals surface area contributed by atoms with E-state index in [9.17, 15) is 18.0 Å². The van der Waals surface area contributed by atoms with Gasteiger partial charge in [-0.15, -0.1) is 14.6 Å². The van der Waals surface area contributed by atoms with Gasteiger partial charge in [-0.3, -0.25) is 9.59 Å². The molecule has 34 heavy (non-hydrogen) atoms. The predicted octanol–water partition coefficient (Wildman–Crippen LogP) is 2.40. The first-order chi connectivity index (χ1) is 16.3. The summed E-state index contributed by atoms with van der Waals surface area (Å²) in [6, 6.07) is 4.95. The van der Waals surface area contributed by atoms with Crippen LogP contribution >= 0.6 is 0 Å². The van der Waals surface area contributed by atoms with Crippen molar-refractivity contribution in [2.45, 2.75) is 75.8 Å². The number of sulfonamides is 1. The normalized spacial score (nSPS) is 19.1. The van der Waals surface area contributed by atoms with E-state index in [1.165, 1.54) is 6.07 Å². The largest absolute Gasteiger partial charge is 0.418 e. The van der Waals surface area contributed by atoms with Gasteiger partial charge in [-0.2, -0.15) is 8.42 Å². The number of aryl methyl sites for hydroxylation is 1. The van der Waals surface area contributed by atoms with Crippen molar-refractivity contribution in [3.05, 3.63) is 41.6 Å². The molecular formula is C23H29N5O5S. The van der Waals surface area contributed by atoms with Crippen LogP contribution in [0.1, 0.15) is 74.5 Å². The van der Waals surface area contributed by atoms with Gasteiger partial charge in [0.15, 0.2) is 0 Å². The molecule has 0 radical (unpaired) electrons. The first-order valence-corrected chi connectivity index (χ1v) is 13.2. The Morgan fingerprint density at radius 1 is 1.12 bits per heavy atom. The molecule has 2 N–H and O–H groups in total. The second-order valence-corrected chi connectivity index (χ2v) is 10.2. The third kappa shape index (κ3) is 4.89. The molecule has 1 saturated carbocycles. The zero-order valence-corrected chi connectivity index (χ0v) is 20.1. The Balaban J connectivity index is 1.57. The maximum atomic E-state index is 13.5. The summed E-state index contributed by atoms with van der Waals surface area (Å²) in [6.45, 7) is 3.62. The molecule has 11 heteroatoms. The highest BCUT2D eigenvalue weighted by atomic mass is 32.2. The fourth-order valence-electron chi connectivity index (χ4n) is 4.48. The highest BCUT2D eigenvalue weighted by molar-refractivity contribution is 7.90. The predicted molar refractivity (Wildman–Crippen MR) is 124 cm³/mol. The number of fused-ring (bicyclic) bond motifs is 1. The summed E-state index contributed by atoms with van der Waals surface area (Å²) < 4.78 is 34.3. The summed E-state index contributed by atoms with van der Waals surface area (Å²) in [4.78, 5) is 26.5. The highest BCUT2D eigenvalue weighted by Crippen LogP contribution is 2.29. The first-order valence-electron chi connectivity index (χ1n) is 11.7. The van der Waals surface area contributed by atoms with Crippen LogP contribution in [0, 0.1) is 5.92 Å². The summed E-state index contributed by atoms with van der Waals surface area (Å²) in [5.74, 6) is -0.472. The van der Waals surface area contributed by atoms with Crippen LogP contribution in [0.4, 0.5) is 0 Å². The quantitative estimate of drug-likeness (QED) is 0.540. The van der Waals surface area contributed by atoms with Crippen molar-refractivity contribution in [1.29, 1.82) is 0 Å². The van der Waals surface area contributed by atoms with Gasteiger partial charge in [0, 0.05) is 12.0 Å². The molecule has 2 atom stereocenters. The smallest absolute Gasteiger partial charge is 0.286 e. The number of amides is 1. The molecule has 0 spiro atoms. The van der Waals surface area contributed by atoms with Gasteiger partial charge in [0.05, 0.1) is 6.04 Å². The fraction of sp³-hybridized carbons (Fsp3) is 0.522. The zero-order chi connectivity index (χ0) is 24.3. The number of carbonyl (C=O) groups excluding carboxylic acids is 2. The van der Waals surface area contributed by atoms with E-state index in [0.29, 0.717) is 24.3 Å². The summed E-state index contributed by atoms with van der Waals surface area (Å²) >= 11 is 0. The lowest BCUT2D eigenvalue weighted by Gasteiger charge is -2.31. The van der Waals surface area contributed by atoms with Gasteiger partial charge in [0.1, 0.15) is 16.8 Å². The van der Waals surface area contributed by atoms with Crippen LogP contribution in [0.25, 0.3) is 0 Å². The number of hydrogen-bond donors (Lipinski definition) is 2. The second-order valence-electron chi connectivity index (χ2n) is 8.62. The van der Waals surface area contributed by atoms with Crippen LogP contribution < -0.4 is 10.6 Å². The van der Waals surface area contributed by atoms with Gasteiger partial charge in [0.2, 0.25) is 17.6 Å². The molecule has 2 aromatic rings. The number of carbonyl (C=O) groups is 2. The van der Waals surface area contributed by atoms with Crippen molar-refractivity contribution < 1.29 is 22.4 Å². The first kappa shape index (κ1) is 24.1. The molecule has 1 aromatic carbocycles. The van der Waals surface area contributed by atoms with Crippen LogP contribution in [0.15, 0.2) is 38.0 Å². The fourth-order valence-corrected chi connectivity index (χ4v) is 5.66. The highest BCUT2D eigenvalue weighted by Gasteiger charge is 2.36. The molecule has 2 heterocycles. The maximum Gasteiger partial charge on any atom is 0.286 e. The van der Waals surface area contributed by atoms with Crippen molar-refractivity contribution in [3.63, 3.8) is 0 Å². The van der Waals surface area contributed by atoms with Gasteiger partial charge < -0.3 is 15.1 Å². The monoisotopic (exact) mass is 487 g/mol. The van der Waals surface area contributed by atoms with E-state index < -0.39 is 27.9 Å². The molecule has 0 saturated heterocycles. The average Bonchev–Trinajstić information content (AvgIpc) is 3.43. The summed E-state index contributed by atoms with van der Waals surface area (Å²) in [5, 5.41) is 13.6. The number of amidine groups is 1. The van der Waals surface area contributed by atoms with Gasteiger partial charge >= 0.3 is 0 Å². The molecule has 1 unspecified atom stereocenters. The summed E-state index contributed by atoms with van der Waals surface area (Å²) in [5.41, 5.74) is 0.442. The number of aromatic nitrogens is 2. The van der Waals surface area contributed by atoms with Gasteiger partial charge in [-0.1, -0.05) is 45.2 Å². The third-order valence-electron chi connectivity index (χ3n) is 6.35. The van der Waals surface area contributed by atoms with Crippen molar-refractivity contribution in [3.8, 4) is 0 Å². The molecule has 1 fully saturated rings. The van der Waals surface area contributed by atoms with E-state index in [4.69, 9.17) is 4.42 Å². The molecular weight excluding hydrogens is 458 g/mol. The van der Waals surface area contributed by atoms with Crippen LogP contribution in [0.3, 0.4) is 0 Å². The Morgan fingerprint density at radius 3 is 2.53 bits per heavy atom. The van der Waals surface area contributed by atoms with Crippen molar-refractivity contribution in [2.75, 3.05) is 0 Å². The minimum atomic E-state index is -3.82.